The summed E-state index contributed by atoms with van der Waals surface area (Å²) in [4.78, 5) is 17.8. The highest BCUT2D eigenvalue weighted by Gasteiger charge is 2.15. The molecule has 0 unspecified atom stereocenters. The number of carbonyl (C=O) groups is 1. The highest BCUT2D eigenvalue weighted by molar-refractivity contribution is 7.97. The number of anilines is 1. The average molecular weight is 347 g/mol. The van der Waals surface area contributed by atoms with Crippen LogP contribution in [0.2, 0.25) is 0 Å². The fourth-order valence-electron chi connectivity index (χ4n) is 2.30. The van der Waals surface area contributed by atoms with Crippen molar-refractivity contribution in [1.29, 1.82) is 0 Å². The zero-order valence-electron chi connectivity index (χ0n) is 12.1. The number of nitrogens with zero attached hydrogens (tertiary/aromatic N) is 1. The van der Waals surface area contributed by atoms with E-state index in [0.29, 0.717) is 4.88 Å². The van der Waals surface area contributed by atoms with E-state index in [1.807, 2.05) is 43.5 Å². The van der Waals surface area contributed by atoms with Crippen molar-refractivity contribution in [2.75, 3.05) is 5.73 Å². The van der Waals surface area contributed by atoms with Crippen LogP contribution in [0.25, 0.3) is 21.8 Å². The fraction of sp³-hybridized carbons (Fsp3) is 0.125. The maximum absolute atomic E-state index is 11.4. The van der Waals surface area contributed by atoms with Gasteiger partial charge in [-0.1, -0.05) is 18.7 Å². The first-order valence-corrected chi connectivity index (χ1v) is 8.76. The van der Waals surface area contributed by atoms with Gasteiger partial charge in [0.1, 0.15) is 5.01 Å². The number of aromatic nitrogens is 1. The van der Waals surface area contributed by atoms with Gasteiger partial charge < -0.3 is 5.73 Å². The molecule has 0 bridgehead atoms. The summed E-state index contributed by atoms with van der Waals surface area (Å²) >= 11 is 6.92. The van der Waals surface area contributed by atoms with Crippen molar-refractivity contribution in [3.63, 3.8) is 0 Å². The van der Waals surface area contributed by atoms with Gasteiger partial charge >= 0.3 is 0 Å². The molecule has 0 atom stereocenters. The van der Waals surface area contributed by atoms with E-state index >= 15 is 0 Å². The molecule has 0 amide bonds. The Morgan fingerprint density at radius 1 is 1.23 bits per heavy atom. The molecule has 2 aromatic heterocycles. The standard InChI is InChI=1S/C16H14N2OS3/c1-8-5-10(17)3-4-11(8)13-7-21-15(18-13)12-6-14(16(19)20)22-9(12)2/h3-7H,17H2,1-2H3,(H,19,20). The van der Waals surface area contributed by atoms with Gasteiger partial charge in [-0.2, -0.15) is 0 Å². The van der Waals surface area contributed by atoms with Gasteiger partial charge in [-0.25, -0.2) is 4.98 Å². The Hall–Kier alpha value is -1.63. The number of thiophene rings is 1. The number of nitrogens with two attached hydrogens (primary N) is 1. The van der Waals surface area contributed by atoms with Crippen molar-refractivity contribution in [3.8, 4) is 21.8 Å². The lowest BCUT2D eigenvalue weighted by molar-refractivity contribution is 0.109. The van der Waals surface area contributed by atoms with Crippen LogP contribution in [0.3, 0.4) is 0 Å². The van der Waals surface area contributed by atoms with E-state index in [0.717, 1.165) is 38.0 Å². The van der Waals surface area contributed by atoms with Gasteiger partial charge in [0.2, 0.25) is 5.12 Å². The first-order chi connectivity index (χ1) is 10.5. The van der Waals surface area contributed by atoms with Crippen molar-refractivity contribution in [2.24, 2.45) is 0 Å². The number of nitrogen functional groups attached to an aromatic ring is 1. The molecular formula is C16H14N2OS3. The number of aryl methyl sites for hydroxylation is 2. The van der Waals surface area contributed by atoms with Crippen molar-refractivity contribution < 1.29 is 4.79 Å². The summed E-state index contributed by atoms with van der Waals surface area (Å²) in [6, 6.07) is 7.69. The normalized spacial score (nSPS) is 10.9. The molecule has 6 heteroatoms. The molecule has 2 heterocycles. The van der Waals surface area contributed by atoms with Gasteiger partial charge in [0.05, 0.1) is 10.6 Å². The number of carbonyl (C=O) groups excluding carboxylic acids is 1. The maximum Gasteiger partial charge on any atom is 0.226 e. The monoisotopic (exact) mass is 346 g/mol. The van der Waals surface area contributed by atoms with E-state index in [-0.39, 0.29) is 5.12 Å². The van der Waals surface area contributed by atoms with E-state index in [1.54, 1.807) is 11.3 Å². The molecule has 3 rings (SSSR count). The Balaban J connectivity index is 2.02. The molecule has 112 valence electrons. The molecule has 3 nitrogen and oxygen atoms in total. The third-order valence-electron chi connectivity index (χ3n) is 3.39. The largest absolute Gasteiger partial charge is 0.399 e. The summed E-state index contributed by atoms with van der Waals surface area (Å²) in [5, 5.41) is 2.75. The second-order valence-corrected chi connectivity index (χ2v) is 7.52. The van der Waals surface area contributed by atoms with Gasteiger partial charge in [0, 0.05) is 27.1 Å². The van der Waals surface area contributed by atoms with Gasteiger partial charge in [-0.15, -0.1) is 22.7 Å². The van der Waals surface area contributed by atoms with E-state index in [4.69, 9.17) is 10.7 Å². The molecule has 0 spiro atoms. The molecule has 0 radical (unpaired) electrons. The van der Waals surface area contributed by atoms with E-state index in [1.165, 1.54) is 11.3 Å². The van der Waals surface area contributed by atoms with Crippen LogP contribution in [0.1, 0.15) is 20.1 Å². The van der Waals surface area contributed by atoms with E-state index in [2.05, 4.69) is 12.6 Å². The van der Waals surface area contributed by atoms with Crippen LogP contribution in [0.15, 0.2) is 29.6 Å². The SMILES string of the molecule is Cc1cc(N)ccc1-c1csc(-c2cc(C(=O)S)sc2C)n1. The zero-order chi connectivity index (χ0) is 15.9. The lowest BCUT2D eigenvalue weighted by Gasteiger charge is -2.03. The molecule has 0 aliphatic rings. The third-order valence-corrected chi connectivity index (χ3v) is 5.71. The van der Waals surface area contributed by atoms with Crippen LogP contribution >= 0.6 is 35.3 Å². The Morgan fingerprint density at radius 2 is 2.00 bits per heavy atom. The minimum absolute atomic E-state index is 0.203. The molecule has 0 aliphatic heterocycles. The Morgan fingerprint density at radius 3 is 2.64 bits per heavy atom. The number of thiazole rings is 1. The molecule has 0 saturated heterocycles. The maximum atomic E-state index is 11.4. The smallest absolute Gasteiger partial charge is 0.226 e. The first-order valence-electron chi connectivity index (χ1n) is 6.62. The van der Waals surface area contributed by atoms with E-state index in [9.17, 15) is 4.79 Å². The third kappa shape index (κ3) is 2.82. The quantitative estimate of drug-likeness (QED) is 0.529. The highest BCUT2D eigenvalue weighted by Crippen LogP contribution is 2.36. The second kappa shape index (κ2) is 5.87. The molecular weight excluding hydrogens is 332 g/mol. The molecule has 0 aliphatic carbocycles. The lowest BCUT2D eigenvalue weighted by Crippen LogP contribution is -1.88. The van der Waals surface area contributed by atoms with Crippen LogP contribution in [0.5, 0.6) is 0 Å². The number of rotatable bonds is 3. The van der Waals surface area contributed by atoms with Gasteiger partial charge in [0.25, 0.3) is 0 Å². The van der Waals surface area contributed by atoms with Crippen molar-refractivity contribution >= 4 is 46.1 Å². The predicted octanol–water partition coefficient (Wildman–Crippen LogP) is 4.81. The highest BCUT2D eigenvalue weighted by atomic mass is 32.1. The summed E-state index contributed by atoms with van der Waals surface area (Å²) in [6.07, 6.45) is 0. The van der Waals surface area contributed by atoms with Gasteiger partial charge in [-0.3, -0.25) is 4.79 Å². The van der Waals surface area contributed by atoms with Gasteiger partial charge in [-0.05, 0) is 37.6 Å². The van der Waals surface area contributed by atoms with Crippen molar-refractivity contribution in [1.82, 2.24) is 4.98 Å². The number of thiol groups is 1. The average Bonchev–Trinajstić information content (AvgIpc) is 3.05. The molecule has 1 aromatic carbocycles. The minimum atomic E-state index is -0.203. The fourth-order valence-corrected chi connectivity index (χ4v) is 4.31. The van der Waals surface area contributed by atoms with Crippen molar-refractivity contribution in [3.05, 3.63) is 45.0 Å². The zero-order valence-corrected chi connectivity index (χ0v) is 14.6. The predicted molar refractivity (Wildman–Crippen MR) is 98.1 cm³/mol. The van der Waals surface area contributed by atoms with Crippen LogP contribution in [0, 0.1) is 13.8 Å². The number of benzene rings is 1. The van der Waals surface area contributed by atoms with Crippen LogP contribution in [0.4, 0.5) is 5.69 Å². The topological polar surface area (TPSA) is 56.0 Å². The Labute approximate surface area is 142 Å². The molecule has 0 fully saturated rings. The lowest BCUT2D eigenvalue weighted by atomic mass is 10.1. The summed E-state index contributed by atoms with van der Waals surface area (Å²) in [6.45, 7) is 4.02. The van der Waals surface area contributed by atoms with Crippen LogP contribution < -0.4 is 5.73 Å². The van der Waals surface area contributed by atoms with Crippen LogP contribution in [-0.4, -0.2) is 10.1 Å². The van der Waals surface area contributed by atoms with Gasteiger partial charge in [0.15, 0.2) is 0 Å². The second-order valence-electron chi connectivity index (χ2n) is 5.00. The molecule has 0 saturated carbocycles. The molecule has 22 heavy (non-hydrogen) atoms. The summed E-state index contributed by atoms with van der Waals surface area (Å²) in [7, 11) is 0. The Kier molecular flexibility index (Phi) is 4.08. The summed E-state index contributed by atoms with van der Waals surface area (Å²) in [5.41, 5.74) is 10.7. The minimum Gasteiger partial charge on any atom is -0.399 e. The first kappa shape index (κ1) is 15.3. The Bertz CT molecular complexity index is 864. The van der Waals surface area contributed by atoms with Crippen LogP contribution in [-0.2, 0) is 0 Å². The summed E-state index contributed by atoms with van der Waals surface area (Å²) < 4.78 is 0. The summed E-state index contributed by atoms with van der Waals surface area (Å²) in [5.74, 6) is 0. The number of hydrogen-bond donors (Lipinski definition) is 2. The number of hydrogen-bond acceptors (Lipinski definition) is 5. The molecule has 3 aromatic rings. The van der Waals surface area contributed by atoms with E-state index < -0.39 is 0 Å². The molecule has 2 N–H and O–H groups in total. The van der Waals surface area contributed by atoms with Crippen molar-refractivity contribution in [2.45, 2.75) is 13.8 Å².